The van der Waals surface area contributed by atoms with Crippen molar-refractivity contribution in [2.45, 2.75) is 6.42 Å². The van der Waals surface area contributed by atoms with E-state index < -0.39 is 5.97 Å². The lowest BCUT2D eigenvalue weighted by molar-refractivity contribution is -0.136. The van der Waals surface area contributed by atoms with Crippen LogP contribution in [0.4, 0.5) is 0 Å². The molecule has 0 aromatic heterocycles. The number of para-hydroxylation sites is 1. The maximum atomic E-state index is 11.4. The van der Waals surface area contributed by atoms with Crippen molar-refractivity contribution >= 4 is 18.0 Å². The topological polar surface area (TPSA) is 75.6 Å². The van der Waals surface area contributed by atoms with Crippen molar-refractivity contribution in [2.24, 2.45) is 0 Å². The second-order valence-electron chi connectivity index (χ2n) is 3.51. The van der Waals surface area contributed by atoms with Crippen LogP contribution in [0, 0.1) is 0 Å². The molecule has 0 saturated carbocycles. The summed E-state index contributed by atoms with van der Waals surface area (Å²) in [5, 5.41) is 10.9. The first kappa shape index (κ1) is 13.8. The van der Waals surface area contributed by atoms with Crippen LogP contribution >= 0.6 is 0 Å². The number of nitrogens with one attached hydrogen (secondary N) is 1. The largest absolute Gasteiger partial charge is 0.496 e. The Kier molecular flexibility index (Phi) is 5.44. The maximum Gasteiger partial charge on any atom is 0.305 e. The van der Waals surface area contributed by atoms with Gasteiger partial charge in [-0.25, -0.2) is 0 Å². The minimum atomic E-state index is -0.941. The van der Waals surface area contributed by atoms with Gasteiger partial charge in [-0.05, 0) is 12.1 Å². The predicted octanol–water partition coefficient (Wildman–Crippen LogP) is 1.30. The Labute approximate surface area is 105 Å². The monoisotopic (exact) mass is 249 g/mol. The highest BCUT2D eigenvalue weighted by atomic mass is 16.5. The number of carboxylic acid groups (broad SMARTS) is 1. The van der Waals surface area contributed by atoms with Gasteiger partial charge in [-0.2, -0.15) is 0 Å². The molecule has 0 aliphatic carbocycles. The average molecular weight is 249 g/mol. The molecule has 1 aromatic rings. The van der Waals surface area contributed by atoms with Crippen LogP contribution in [0.2, 0.25) is 0 Å². The Morgan fingerprint density at radius 3 is 2.78 bits per heavy atom. The van der Waals surface area contributed by atoms with Crippen LogP contribution in [0.25, 0.3) is 6.08 Å². The standard InChI is InChI=1S/C13H15NO4/c1-18-11-5-3-2-4-10(11)6-7-12(15)14-9-8-13(16)17/h2-7H,8-9H2,1H3,(H,14,15)(H,16,17)/b7-6+. The Hall–Kier alpha value is -2.30. The van der Waals surface area contributed by atoms with E-state index in [1.807, 2.05) is 18.2 Å². The van der Waals surface area contributed by atoms with Gasteiger partial charge in [-0.3, -0.25) is 9.59 Å². The second-order valence-corrected chi connectivity index (χ2v) is 3.51. The van der Waals surface area contributed by atoms with Crippen molar-refractivity contribution in [3.63, 3.8) is 0 Å². The summed E-state index contributed by atoms with van der Waals surface area (Å²) in [5.41, 5.74) is 0.786. The lowest BCUT2D eigenvalue weighted by Gasteiger charge is -2.03. The predicted molar refractivity (Wildman–Crippen MR) is 67.3 cm³/mol. The van der Waals surface area contributed by atoms with Crippen LogP contribution < -0.4 is 10.1 Å². The minimum Gasteiger partial charge on any atom is -0.496 e. The highest BCUT2D eigenvalue weighted by Gasteiger charge is 2.00. The molecule has 0 fully saturated rings. The Bertz CT molecular complexity index is 454. The van der Waals surface area contributed by atoms with E-state index in [4.69, 9.17) is 9.84 Å². The fourth-order valence-corrected chi connectivity index (χ4v) is 1.32. The quantitative estimate of drug-likeness (QED) is 0.745. The molecule has 18 heavy (non-hydrogen) atoms. The number of hydrogen-bond donors (Lipinski definition) is 2. The molecule has 0 saturated heterocycles. The number of amides is 1. The first-order valence-electron chi connectivity index (χ1n) is 5.44. The summed E-state index contributed by atoms with van der Waals surface area (Å²) in [5.74, 6) is -0.599. The molecular formula is C13H15NO4. The Morgan fingerprint density at radius 2 is 2.11 bits per heavy atom. The zero-order valence-electron chi connectivity index (χ0n) is 10.1. The molecule has 0 spiro atoms. The van der Waals surface area contributed by atoms with E-state index in [9.17, 15) is 9.59 Å². The van der Waals surface area contributed by atoms with E-state index in [-0.39, 0.29) is 18.9 Å². The number of rotatable bonds is 6. The van der Waals surface area contributed by atoms with Gasteiger partial charge in [0, 0.05) is 18.2 Å². The van der Waals surface area contributed by atoms with E-state index in [1.165, 1.54) is 6.08 Å². The van der Waals surface area contributed by atoms with E-state index in [2.05, 4.69) is 5.32 Å². The normalized spacial score (nSPS) is 10.3. The molecule has 1 aromatic carbocycles. The number of carbonyl (C=O) groups is 2. The van der Waals surface area contributed by atoms with E-state index in [1.54, 1.807) is 19.3 Å². The van der Waals surface area contributed by atoms with Crippen molar-refractivity contribution in [3.05, 3.63) is 35.9 Å². The molecule has 0 heterocycles. The first-order chi connectivity index (χ1) is 8.63. The Morgan fingerprint density at radius 1 is 1.39 bits per heavy atom. The van der Waals surface area contributed by atoms with Gasteiger partial charge in [0.05, 0.1) is 13.5 Å². The summed E-state index contributed by atoms with van der Waals surface area (Å²) in [7, 11) is 1.56. The van der Waals surface area contributed by atoms with E-state index >= 15 is 0 Å². The average Bonchev–Trinajstić information content (AvgIpc) is 2.36. The molecule has 0 radical (unpaired) electrons. The number of methoxy groups -OCH3 is 1. The molecule has 1 amide bonds. The van der Waals surface area contributed by atoms with E-state index in [0.29, 0.717) is 5.75 Å². The lowest BCUT2D eigenvalue weighted by Crippen LogP contribution is -2.23. The summed E-state index contributed by atoms with van der Waals surface area (Å²) in [4.78, 5) is 21.6. The van der Waals surface area contributed by atoms with Crippen molar-refractivity contribution in [1.29, 1.82) is 0 Å². The second kappa shape index (κ2) is 7.11. The van der Waals surface area contributed by atoms with E-state index in [0.717, 1.165) is 5.56 Å². The van der Waals surface area contributed by atoms with Crippen LogP contribution in [0.3, 0.4) is 0 Å². The molecule has 5 nitrogen and oxygen atoms in total. The lowest BCUT2D eigenvalue weighted by atomic mass is 10.2. The van der Waals surface area contributed by atoms with Gasteiger partial charge in [-0.1, -0.05) is 18.2 Å². The first-order valence-corrected chi connectivity index (χ1v) is 5.44. The summed E-state index contributed by atoms with van der Waals surface area (Å²) in [6.07, 6.45) is 2.88. The smallest absolute Gasteiger partial charge is 0.305 e. The van der Waals surface area contributed by atoms with Crippen LogP contribution in [0.1, 0.15) is 12.0 Å². The SMILES string of the molecule is COc1ccccc1/C=C/C(=O)NCCC(=O)O. The third kappa shape index (κ3) is 4.69. The number of carboxylic acids is 1. The van der Waals surface area contributed by atoms with Crippen LogP contribution in [-0.2, 0) is 9.59 Å². The summed E-state index contributed by atoms with van der Waals surface area (Å²) in [6, 6.07) is 7.29. The third-order valence-electron chi connectivity index (χ3n) is 2.19. The molecule has 0 bridgehead atoms. The minimum absolute atomic E-state index is 0.0890. The highest BCUT2D eigenvalue weighted by Crippen LogP contribution is 2.18. The van der Waals surface area contributed by atoms with Crippen LogP contribution in [-0.4, -0.2) is 30.6 Å². The molecular weight excluding hydrogens is 234 g/mol. The summed E-state index contributed by atoms with van der Waals surface area (Å²) < 4.78 is 5.13. The van der Waals surface area contributed by atoms with Gasteiger partial charge < -0.3 is 15.2 Å². The van der Waals surface area contributed by atoms with Crippen LogP contribution in [0.5, 0.6) is 5.75 Å². The fraction of sp³-hybridized carbons (Fsp3) is 0.231. The number of hydrogen-bond acceptors (Lipinski definition) is 3. The molecule has 0 atom stereocenters. The maximum absolute atomic E-state index is 11.4. The van der Waals surface area contributed by atoms with Gasteiger partial charge in [0.15, 0.2) is 0 Å². The van der Waals surface area contributed by atoms with Crippen molar-refractivity contribution < 1.29 is 19.4 Å². The van der Waals surface area contributed by atoms with Gasteiger partial charge in [0.2, 0.25) is 5.91 Å². The molecule has 0 unspecified atom stereocenters. The van der Waals surface area contributed by atoms with Crippen molar-refractivity contribution in [1.82, 2.24) is 5.32 Å². The fourth-order valence-electron chi connectivity index (χ4n) is 1.32. The molecule has 0 aliphatic heterocycles. The molecule has 2 N–H and O–H groups in total. The number of benzene rings is 1. The molecule has 96 valence electrons. The van der Waals surface area contributed by atoms with Crippen molar-refractivity contribution in [3.8, 4) is 5.75 Å². The Balaban J connectivity index is 2.52. The number of ether oxygens (including phenoxy) is 1. The van der Waals surface area contributed by atoms with Gasteiger partial charge in [0.1, 0.15) is 5.75 Å². The zero-order valence-corrected chi connectivity index (χ0v) is 10.1. The third-order valence-corrected chi connectivity index (χ3v) is 2.19. The van der Waals surface area contributed by atoms with Crippen LogP contribution in [0.15, 0.2) is 30.3 Å². The zero-order chi connectivity index (χ0) is 13.4. The molecule has 0 aliphatic rings. The number of carbonyl (C=O) groups excluding carboxylic acids is 1. The van der Waals surface area contributed by atoms with Crippen molar-refractivity contribution in [2.75, 3.05) is 13.7 Å². The van der Waals surface area contributed by atoms with Gasteiger partial charge in [-0.15, -0.1) is 0 Å². The summed E-state index contributed by atoms with van der Waals surface area (Å²) in [6.45, 7) is 0.116. The highest BCUT2D eigenvalue weighted by molar-refractivity contribution is 5.92. The summed E-state index contributed by atoms with van der Waals surface area (Å²) >= 11 is 0. The molecule has 5 heteroatoms. The van der Waals surface area contributed by atoms with Gasteiger partial charge >= 0.3 is 5.97 Å². The molecule has 1 rings (SSSR count). The number of aliphatic carboxylic acids is 1. The van der Waals surface area contributed by atoms with Gasteiger partial charge in [0.25, 0.3) is 0 Å².